The average molecular weight is 139 g/mol. The van der Waals surface area contributed by atoms with Crippen molar-refractivity contribution in [2.45, 2.75) is 32.1 Å². The second-order valence-electron chi connectivity index (χ2n) is 2.96. The summed E-state index contributed by atoms with van der Waals surface area (Å²) >= 11 is 0. The van der Waals surface area contributed by atoms with Crippen molar-refractivity contribution in [1.82, 2.24) is 5.32 Å². The van der Waals surface area contributed by atoms with Crippen molar-refractivity contribution in [1.29, 1.82) is 0 Å². The molecule has 1 rings (SSSR count). The number of hydrogen-bond donors (Lipinski definition) is 1. The van der Waals surface area contributed by atoms with Crippen molar-refractivity contribution in [3.8, 4) is 0 Å². The van der Waals surface area contributed by atoms with E-state index in [1.165, 1.54) is 38.8 Å². The lowest BCUT2D eigenvalue weighted by atomic mass is 9.93. The van der Waals surface area contributed by atoms with E-state index < -0.39 is 0 Å². The summed E-state index contributed by atoms with van der Waals surface area (Å²) in [7, 11) is 0. The van der Waals surface area contributed by atoms with E-state index in [2.05, 4.69) is 12.2 Å². The Morgan fingerprint density at radius 3 is 2.60 bits per heavy atom. The van der Waals surface area contributed by atoms with Crippen LogP contribution in [0.4, 0.5) is 0 Å². The molecule has 0 spiro atoms. The molecule has 1 saturated heterocycles. The maximum atomic E-state index is 3.84. The zero-order valence-corrected chi connectivity index (χ0v) is 6.66. The van der Waals surface area contributed by atoms with E-state index in [-0.39, 0.29) is 0 Å². The Bertz CT molecular complexity index is 74.8. The van der Waals surface area contributed by atoms with Gasteiger partial charge in [-0.25, -0.2) is 0 Å². The van der Waals surface area contributed by atoms with Gasteiger partial charge in [-0.1, -0.05) is 0 Å². The van der Waals surface area contributed by atoms with Crippen molar-refractivity contribution in [2.24, 2.45) is 0 Å². The maximum absolute atomic E-state index is 3.84. The molecule has 0 aromatic heterocycles. The van der Waals surface area contributed by atoms with Crippen LogP contribution in [-0.4, -0.2) is 13.1 Å². The van der Waals surface area contributed by atoms with Gasteiger partial charge in [-0.2, -0.15) is 0 Å². The predicted octanol–water partition coefficient (Wildman–Crippen LogP) is 1.95. The minimum Gasteiger partial charge on any atom is -0.317 e. The first-order valence-corrected chi connectivity index (χ1v) is 4.27. The summed E-state index contributed by atoms with van der Waals surface area (Å²) in [6, 6.07) is 0. The lowest BCUT2D eigenvalue weighted by molar-refractivity contribution is 0.512. The molecule has 1 aliphatic rings. The lowest BCUT2D eigenvalue weighted by Gasteiger charge is -2.20. The molecule has 0 unspecified atom stereocenters. The van der Waals surface area contributed by atoms with Crippen LogP contribution in [0.5, 0.6) is 0 Å². The number of nitrogens with one attached hydrogen (secondary N) is 1. The molecule has 0 aliphatic carbocycles. The maximum Gasteiger partial charge on any atom is 0.0850 e. The Labute approximate surface area is 64.2 Å². The fraction of sp³-hybridized carbons (Fsp3) is 0.778. The van der Waals surface area contributed by atoms with E-state index in [1.807, 2.05) is 0 Å². The van der Waals surface area contributed by atoms with Gasteiger partial charge in [0.05, 0.1) is 13.3 Å². The van der Waals surface area contributed by atoms with Crippen LogP contribution < -0.4 is 5.32 Å². The van der Waals surface area contributed by atoms with Gasteiger partial charge in [0.1, 0.15) is 0 Å². The molecule has 0 aromatic rings. The molecular weight excluding hydrogens is 122 g/mol. The molecule has 0 bridgehead atoms. The molecule has 57 valence electrons. The van der Waals surface area contributed by atoms with E-state index >= 15 is 0 Å². The number of rotatable bonds is 3. The van der Waals surface area contributed by atoms with Gasteiger partial charge in [-0.15, -0.1) is 0 Å². The zero-order valence-electron chi connectivity index (χ0n) is 6.66. The van der Waals surface area contributed by atoms with E-state index in [0.29, 0.717) is 0 Å². The molecule has 0 amide bonds. The lowest BCUT2D eigenvalue weighted by Crippen LogP contribution is -2.26. The van der Waals surface area contributed by atoms with Gasteiger partial charge in [-0.3, -0.25) is 0 Å². The van der Waals surface area contributed by atoms with Gasteiger partial charge in [0.15, 0.2) is 0 Å². The van der Waals surface area contributed by atoms with Gasteiger partial charge in [0, 0.05) is 0 Å². The van der Waals surface area contributed by atoms with Gasteiger partial charge in [-0.05, 0) is 44.7 Å². The zero-order chi connectivity index (χ0) is 7.23. The molecular formula is C9H17N+. The summed E-state index contributed by atoms with van der Waals surface area (Å²) in [4.78, 5) is 0. The molecule has 1 fully saturated rings. The minimum atomic E-state index is 1.09. The monoisotopic (exact) mass is 139 g/mol. The van der Waals surface area contributed by atoms with Crippen LogP contribution in [0.3, 0.4) is 0 Å². The molecule has 10 heavy (non-hydrogen) atoms. The second kappa shape index (κ2) is 4.62. The smallest absolute Gasteiger partial charge is 0.0850 e. The molecule has 1 heterocycles. The average Bonchev–Trinajstić information content (AvgIpc) is 2.03. The summed E-state index contributed by atoms with van der Waals surface area (Å²) in [6.07, 6.45) is 6.32. The summed E-state index contributed by atoms with van der Waals surface area (Å²) in [6.45, 7) is 6.24. The third-order valence-electron chi connectivity index (χ3n) is 2.09. The highest BCUT2D eigenvalue weighted by atomic mass is 14.9. The van der Waals surface area contributed by atoms with E-state index in [1.54, 1.807) is 5.92 Å². The van der Waals surface area contributed by atoms with Crippen LogP contribution >= 0.6 is 0 Å². The topological polar surface area (TPSA) is 12.0 Å². The Morgan fingerprint density at radius 2 is 2.00 bits per heavy atom. The van der Waals surface area contributed by atoms with Crippen LogP contribution in [0.2, 0.25) is 0 Å². The van der Waals surface area contributed by atoms with Gasteiger partial charge in [0.25, 0.3) is 0 Å². The Hall–Kier alpha value is -0.170. The molecule has 1 nitrogen and oxygen atoms in total. The van der Waals surface area contributed by atoms with Crippen molar-refractivity contribution in [2.75, 3.05) is 13.1 Å². The quantitative estimate of drug-likeness (QED) is 0.589. The summed E-state index contributed by atoms with van der Waals surface area (Å²) in [5.74, 6) is 1.75. The fourth-order valence-corrected chi connectivity index (χ4v) is 1.41. The van der Waals surface area contributed by atoms with E-state index in [4.69, 9.17) is 0 Å². The van der Waals surface area contributed by atoms with Crippen LogP contribution in [0, 0.1) is 12.8 Å². The molecule has 0 saturated carbocycles. The van der Waals surface area contributed by atoms with Crippen LogP contribution in [0.15, 0.2) is 0 Å². The third-order valence-corrected chi connectivity index (χ3v) is 2.09. The molecule has 1 aliphatic heterocycles. The minimum absolute atomic E-state index is 1.09. The highest BCUT2D eigenvalue weighted by Gasteiger charge is 2.12. The van der Waals surface area contributed by atoms with Crippen LogP contribution in [-0.2, 0) is 0 Å². The molecule has 1 radical (unpaired) electrons. The van der Waals surface area contributed by atoms with Crippen LogP contribution in [0.25, 0.3) is 0 Å². The predicted molar refractivity (Wildman–Crippen MR) is 44.6 cm³/mol. The standard InChI is InChI=1S/C9H17N/c1-2-3-4-9-5-7-10-8-6-9/h10H,1-8H2/q+1. The first-order valence-electron chi connectivity index (χ1n) is 4.27. The molecule has 1 N–H and O–H groups in total. The van der Waals surface area contributed by atoms with Crippen molar-refractivity contribution >= 4 is 0 Å². The molecule has 1 heteroatoms. The van der Waals surface area contributed by atoms with E-state index in [0.717, 1.165) is 6.42 Å². The Morgan fingerprint density at radius 1 is 1.30 bits per heavy atom. The Balaban J connectivity index is 2.02. The third kappa shape index (κ3) is 2.61. The Kier molecular flexibility index (Phi) is 3.66. The summed E-state index contributed by atoms with van der Waals surface area (Å²) in [5.41, 5.74) is 0. The largest absolute Gasteiger partial charge is 0.317 e. The second-order valence-corrected chi connectivity index (χ2v) is 2.96. The summed E-state index contributed by atoms with van der Waals surface area (Å²) in [5, 5.41) is 3.35. The van der Waals surface area contributed by atoms with Crippen molar-refractivity contribution in [3.63, 3.8) is 0 Å². The fourth-order valence-electron chi connectivity index (χ4n) is 1.41. The van der Waals surface area contributed by atoms with Crippen molar-refractivity contribution in [3.05, 3.63) is 12.8 Å². The highest BCUT2D eigenvalue weighted by Crippen LogP contribution is 2.20. The van der Waals surface area contributed by atoms with Gasteiger partial charge < -0.3 is 5.32 Å². The highest BCUT2D eigenvalue weighted by molar-refractivity contribution is 4.93. The van der Waals surface area contributed by atoms with Crippen molar-refractivity contribution < 1.29 is 0 Å². The van der Waals surface area contributed by atoms with E-state index in [9.17, 15) is 0 Å². The normalized spacial score (nSPS) is 21.2. The number of piperidine rings is 1. The van der Waals surface area contributed by atoms with Crippen LogP contribution in [0.1, 0.15) is 32.1 Å². The van der Waals surface area contributed by atoms with Gasteiger partial charge >= 0.3 is 0 Å². The SMILES string of the molecule is [CH2+]CCC[C]1CCNCC1. The molecule has 0 atom stereocenters. The van der Waals surface area contributed by atoms with Gasteiger partial charge in [0.2, 0.25) is 0 Å². The number of hydrogen-bond acceptors (Lipinski definition) is 1. The first kappa shape index (κ1) is 7.93. The molecule has 0 aromatic carbocycles. The summed E-state index contributed by atoms with van der Waals surface area (Å²) < 4.78 is 0. The number of unbranched alkanes of at least 4 members (excludes halogenated alkanes) is 1. The first-order chi connectivity index (χ1) is 4.93.